The first kappa shape index (κ1) is 19.9. The second kappa shape index (κ2) is 9.36. The van der Waals surface area contributed by atoms with Crippen molar-refractivity contribution in [2.75, 3.05) is 11.9 Å². The zero-order chi connectivity index (χ0) is 19.8. The molecule has 27 heavy (non-hydrogen) atoms. The highest BCUT2D eigenvalue weighted by atomic mass is 79.9. The predicted molar refractivity (Wildman–Crippen MR) is 105 cm³/mol. The molecule has 7 heteroatoms. The van der Waals surface area contributed by atoms with Crippen LogP contribution in [-0.4, -0.2) is 23.6 Å². The van der Waals surface area contributed by atoms with Gasteiger partial charge in [-0.15, -0.1) is 0 Å². The number of hydrogen-bond acceptors (Lipinski definition) is 4. The van der Waals surface area contributed by atoms with Gasteiger partial charge in [0.15, 0.2) is 0 Å². The first-order chi connectivity index (χ1) is 12.9. The Balaban J connectivity index is 2.30. The van der Waals surface area contributed by atoms with E-state index in [0.717, 1.165) is 4.47 Å². The molecule has 0 aliphatic heterocycles. The molecule has 0 aliphatic rings. The summed E-state index contributed by atoms with van der Waals surface area (Å²) in [6.07, 6.45) is 2.99. The summed E-state index contributed by atoms with van der Waals surface area (Å²) in [5.41, 5.74) is 0.690. The molecule has 0 heterocycles. The highest BCUT2D eigenvalue weighted by Gasteiger charge is 2.13. The van der Waals surface area contributed by atoms with Gasteiger partial charge in [0, 0.05) is 15.7 Å². The van der Waals surface area contributed by atoms with Gasteiger partial charge >= 0.3 is 5.97 Å². The minimum absolute atomic E-state index is 0.0300. The van der Waals surface area contributed by atoms with Gasteiger partial charge in [0.25, 0.3) is 5.91 Å². The number of nitrogens with zero attached hydrogens (tertiary/aromatic N) is 1. The molecule has 6 nitrogen and oxygen atoms in total. The Morgan fingerprint density at radius 2 is 2.07 bits per heavy atom. The van der Waals surface area contributed by atoms with Crippen molar-refractivity contribution >= 4 is 39.6 Å². The van der Waals surface area contributed by atoms with E-state index in [0.29, 0.717) is 11.3 Å². The second-order valence-electron chi connectivity index (χ2n) is 5.29. The van der Waals surface area contributed by atoms with Crippen LogP contribution in [0.15, 0.2) is 65.2 Å². The molecule has 2 aromatic carbocycles. The Morgan fingerprint density at radius 3 is 2.74 bits per heavy atom. The number of nitriles is 1. The van der Waals surface area contributed by atoms with Crippen LogP contribution in [0.1, 0.15) is 15.9 Å². The number of carboxylic acids is 1. The Labute approximate surface area is 164 Å². The normalized spacial score (nSPS) is 10.6. The number of nitrogens with one attached hydrogen (secondary N) is 1. The van der Waals surface area contributed by atoms with Crippen LogP contribution >= 0.6 is 15.9 Å². The highest BCUT2D eigenvalue weighted by Crippen LogP contribution is 2.26. The van der Waals surface area contributed by atoms with Crippen LogP contribution in [0.2, 0.25) is 0 Å². The largest absolute Gasteiger partial charge is 0.489 e. The lowest BCUT2D eigenvalue weighted by molar-refractivity contribution is -0.112. The third-order valence-corrected chi connectivity index (χ3v) is 3.85. The zero-order valence-corrected chi connectivity index (χ0v) is 15.7. The van der Waals surface area contributed by atoms with Crippen molar-refractivity contribution in [2.24, 2.45) is 0 Å². The standard InChI is InChI=1S/C20H15BrN2O4/c1-2-8-27-18-7-6-16(21)10-14(18)9-15(12-22)19(24)23-17-5-3-4-13(11-17)20(25)26/h2-7,9-11H,1,8H2,(H,23,24)(H,25,26). The summed E-state index contributed by atoms with van der Waals surface area (Å²) in [7, 11) is 0. The number of rotatable bonds is 7. The van der Waals surface area contributed by atoms with Crippen molar-refractivity contribution in [3.8, 4) is 11.8 Å². The smallest absolute Gasteiger partial charge is 0.335 e. The summed E-state index contributed by atoms with van der Waals surface area (Å²) in [5.74, 6) is -1.28. The molecule has 136 valence electrons. The Hall–Kier alpha value is -3.37. The summed E-state index contributed by atoms with van der Waals surface area (Å²) in [5, 5.41) is 20.9. The van der Waals surface area contributed by atoms with Crippen molar-refractivity contribution in [3.63, 3.8) is 0 Å². The first-order valence-corrected chi connectivity index (χ1v) is 8.53. The van der Waals surface area contributed by atoms with Gasteiger partial charge < -0.3 is 15.2 Å². The van der Waals surface area contributed by atoms with E-state index in [1.54, 1.807) is 24.3 Å². The average Bonchev–Trinajstić information content (AvgIpc) is 2.65. The lowest BCUT2D eigenvalue weighted by Gasteiger charge is -2.09. The van der Waals surface area contributed by atoms with Gasteiger partial charge in [-0.1, -0.05) is 34.7 Å². The van der Waals surface area contributed by atoms with E-state index < -0.39 is 11.9 Å². The van der Waals surface area contributed by atoms with Crippen LogP contribution in [0.4, 0.5) is 5.69 Å². The second-order valence-corrected chi connectivity index (χ2v) is 6.21. The molecule has 0 fully saturated rings. The number of carboxylic acid groups (broad SMARTS) is 1. The van der Waals surface area contributed by atoms with Crippen molar-refractivity contribution < 1.29 is 19.4 Å². The maximum Gasteiger partial charge on any atom is 0.335 e. The number of halogens is 1. The van der Waals surface area contributed by atoms with E-state index in [1.165, 1.54) is 30.3 Å². The van der Waals surface area contributed by atoms with Gasteiger partial charge in [-0.25, -0.2) is 4.79 Å². The lowest BCUT2D eigenvalue weighted by Crippen LogP contribution is -2.14. The minimum Gasteiger partial charge on any atom is -0.489 e. The molecular weight excluding hydrogens is 412 g/mol. The van der Waals surface area contributed by atoms with Crippen molar-refractivity contribution in [1.82, 2.24) is 0 Å². The van der Waals surface area contributed by atoms with Crippen LogP contribution in [0, 0.1) is 11.3 Å². The van der Waals surface area contributed by atoms with E-state index in [2.05, 4.69) is 27.8 Å². The molecule has 0 spiro atoms. The maximum atomic E-state index is 12.4. The summed E-state index contributed by atoms with van der Waals surface area (Å²) < 4.78 is 6.29. The third-order valence-electron chi connectivity index (χ3n) is 3.36. The quantitative estimate of drug-likeness (QED) is 0.391. The van der Waals surface area contributed by atoms with Crippen LogP contribution in [-0.2, 0) is 4.79 Å². The lowest BCUT2D eigenvalue weighted by atomic mass is 10.1. The number of aromatic carboxylic acids is 1. The van der Waals surface area contributed by atoms with Gasteiger partial charge in [-0.3, -0.25) is 4.79 Å². The SMILES string of the molecule is C=CCOc1ccc(Br)cc1C=C(C#N)C(=O)Nc1cccc(C(=O)O)c1. The van der Waals surface area contributed by atoms with E-state index in [4.69, 9.17) is 9.84 Å². The highest BCUT2D eigenvalue weighted by molar-refractivity contribution is 9.10. The molecule has 1 amide bonds. The molecule has 0 bridgehead atoms. The van der Waals surface area contributed by atoms with Crippen LogP contribution in [0.5, 0.6) is 5.75 Å². The number of hydrogen-bond donors (Lipinski definition) is 2. The molecule has 0 saturated carbocycles. The maximum absolute atomic E-state index is 12.4. The van der Waals surface area contributed by atoms with Crippen LogP contribution in [0.3, 0.4) is 0 Å². The van der Waals surface area contributed by atoms with Gasteiger partial charge in [-0.2, -0.15) is 5.26 Å². The number of carbonyl (C=O) groups excluding carboxylic acids is 1. The molecule has 2 aromatic rings. The number of benzene rings is 2. The zero-order valence-electron chi connectivity index (χ0n) is 14.1. The van der Waals surface area contributed by atoms with Gasteiger partial charge in [0.1, 0.15) is 24.0 Å². The van der Waals surface area contributed by atoms with Crippen LogP contribution < -0.4 is 10.1 Å². The topological polar surface area (TPSA) is 99.4 Å². The molecule has 0 unspecified atom stereocenters. The Morgan fingerprint density at radius 1 is 1.30 bits per heavy atom. The fourth-order valence-electron chi connectivity index (χ4n) is 2.14. The fraction of sp³-hybridized carbons (Fsp3) is 0.0500. The van der Waals surface area contributed by atoms with E-state index >= 15 is 0 Å². The fourth-order valence-corrected chi connectivity index (χ4v) is 2.52. The number of amides is 1. The Kier molecular flexibility index (Phi) is 6.92. The summed E-state index contributed by atoms with van der Waals surface area (Å²) in [4.78, 5) is 23.4. The van der Waals surface area contributed by atoms with Crippen molar-refractivity contribution in [2.45, 2.75) is 0 Å². The van der Waals surface area contributed by atoms with Gasteiger partial charge in [0.2, 0.25) is 0 Å². The van der Waals surface area contributed by atoms with E-state index in [1.807, 2.05) is 6.07 Å². The molecular formula is C20H15BrN2O4. The summed E-state index contributed by atoms with van der Waals surface area (Å²) in [6.45, 7) is 3.86. The van der Waals surface area contributed by atoms with Gasteiger partial charge in [0.05, 0.1) is 5.56 Å². The number of anilines is 1. The van der Waals surface area contributed by atoms with Gasteiger partial charge in [-0.05, 0) is 42.5 Å². The van der Waals surface area contributed by atoms with Crippen molar-refractivity contribution in [1.29, 1.82) is 5.26 Å². The average molecular weight is 427 g/mol. The molecule has 0 atom stereocenters. The molecule has 2 rings (SSSR count). The first-order valence-electron chi connectivity index (χ1n) is 7.74. The third kappa shape index (κ3) is 5.56. The number of carbonyl (C=O) groups is 2. The molecule has 2 N–H and O–H groups in total. The van der Waals surface area contributed by atoms with Crippen molar-refractivity contribution in [3.05, 3.63) is 76.3 Å². The van der Waals surface area contributed by atoms with Crippen LogP contribution in [0.25, 0.3) is 6.08 Å². The predicted octanol–water partition coefficient (Wildman–Crippen LogP) is 4.26. The number of ether oxygens (including phenoxy) is 1. The molecule has 0 aliphatic carbocycles. The summed E-state index contributed by atoms with van der Waals surface area (Å²) in [6, 6.07) is 12.8. The summed E-state index contributed by atoms with van der Waals surface area (Å²) >= 11 is 3.34. The molecule has 0 aromatic heterocycles. The monoisotopic (exact) mass is 426 g/mol. The van der Waals surface area contributed by atoms with E-state index in [-0.39, 0.29) is 23.4 Å². The Bertz CT molecular complexity index is 961. The van der Waals surface area contributed by atoms with E-state index in [9.17, 15) is 14.9 Å². The minimum atomic E-state index is -1.11. The molecule has 0 saturated heterocycles. The molecule has 0 radical (unpaired) electrons.